The first-order valence-corrected chi connectivity index (χ1v) is 8.65. The first-order valence-electron chi connectivity index (χ1n) is 8.65. The molecule has 0 spiro atoms. The summed E-state index contributed by atoms with van der Waals surface area (Å²) in [7, 11) is 3.18. The summed E-state index contributed by atoms with van der Waals surface area (Å²) in [6, 6.07) is 14.1. The maximum atomic E-state index is 12.6. The molecule has 2 amide bonds. The van der Waals surface area contributed by atoms with Crippen molar-refractivity contribution in [3.8, 4) is 12.3 Å². The number of hydrogen-bond donors (Lipinski definition) is 1. The molecule has 28 heavy (non-hydrogen) atoms. The van der Waals surface area contributed by atoms with Crippen molar-refractivity contribution in [3.63, 3.8) is 0 Å². The number of nitrogens with zero attached hydrogens (tertiary/aromatic N) is 3. The highest BCUT2D eigenvalue weighted by molar-refractivity contribution is 5.94. The van der Waals surface area contributed by atoms with E-state index in [1.54, 1.807) is 37.4 Å². The minimum atomic E-state index is -0.352. The Bertz CT molecular complexity index is 1150. The van der Waals surface area contributed by atoms with E-state index >= 15 is 0 Å². The summed E-state index contributed by atoms with van der Waals surface area (Å²) in [5.41, 5.74) is 2.35. The molecule has 3 rings (SSSR count). The van der Waals surface area contributed by atoms with Gasteiger partial charge in [0.25, 0.3) is 0 Å². The molecular weight excluding hydrogens is 356 g/mol. The lowest BCUT2D eigenvalue weighted by atomic mass is 10.2. The van der Waals surface area contributed by atoms with E-state index in [1.807, 2.05) is 18.2 Å². The van der Waals surface area contributed by atoms with Crippen LogP contribution in [0, 0.1) is 12.3 Å². The van der Waals surface area contributed by atoms with Gasteiger partial charge >= 0.3 is 5.69 Å². The number of hydrogen-bond acceptors (Lipinski definition) is 3. The molecule has 0 radical (unpaired) electrons. The van der Waals surface area contributed by atoms with Crippen molar-refractivity contribution in [1.29, 1.82) is 0 Å². The Morgan fingerprint density at radius 2 is 1.86 bits per heavy atom. The molecule has 0 aliphatic carbocycles. The lowest BCUT2D eigenvalue weighted by molar-refractivity contribution is -0.133. The standard InChI is InChI=1S/C21H20N4O3/c1-4-15-8-7-9-16(12-15)22-19(26)13-23(2)20(27)14-25-18-11-6-5-10-17(18)24(3)21(25)28/h1,5-12H,13-14H2,2-3H3,(H,22,26). The number of terminal acetylenes is 1. The molecule has 2 aromatic carbocycles. The molecule has 0 atom stereocenters. The lowest BCUT2D eigenvalue weighted by Gasteiger charge is -2.17. The van der Waals surface area contributed by atoms with E-state index in [0.29, 0.717) is 16.8 Å². The summed E-state index contributed by atoms with van der Waals surface area (Å²) in [4.78, 5) is 38.5. The summed E-state index contributed by atoms with van der Waals surface area (Å²) < 4.78 is 2.90. The number of benzene rings is 2. The Kier molecular flexibility index (Phi) is 5.32. The van der Waals surface area contributed by atoms with Gasteiger partial charge in [-0.1, -0.05) is 24.1 Å². The van der Waals surface area contributed by atoms with E-state index in [1.165, 1.54) is 21.1 Å². The van der Waals surface area contributed by atoms with Gasteiger partial charge in [-0.2, -0.15) is 0 Å². The molecule has 0 bridgehead atoms. The second-order valence-corrected chi connectivity index (χ2v) is 6.44. The van der Waals surface area contributed by atoms with Crippen LogP contribution in [0.4, 0.5) is 5.69 Å². The minimum absolute atomic E-state index is 0.140. The van der Waals surface area contributed by atoms with Gasteiger partial charge in [-0.3, -0.25) is 18.7 Å². The number of aromatic nitrogens is 2. The smallest absolute Gasteiger partial charge is 0.329 e. The van der Waals surface area contributed by atoms with E-state index in [-0.39, 0.29) is 30.6 Å². The van der Waals surface area contributed by atoms with Crippen molar-refractivity contribution in [2.24, 2.45) is 7.05 Å². The molecule has 0 fully saturated rings. The molecule has 1 N–H and O–H groups in total. The zero-order chi connectivity index (χ0) is 20.3. The summed E-state index contributed by atoms with van der Waals surface area (Å²) >= 11 is 0. The molecule has 0 saturated carbocycles. The fourth-order valence-corrected chi connectivity index (χ4v) is 2.96. The molecule has 1 aromatic heterocycles. The number of anilines is 1. The zero-order valence-corrected chi connectivity index (χ0v) is 15.7. The van der Waals surface area contributed by atoms with Crippen LogP contribution in [0.1, 0.15) is 5.56 Å². The van der Waals surface area contributed by atoms with Crippen molar-refractivity contribution in [2.75, 3.05) is 18.9 Å². The van der Waals surface area contributed by atoms with Gasteiger partial charge in [0, 0.05) is 25.3 Å². The van der Waals surface area contributed by atoms with Crippen LogP contribution in [0.2, 0.25) is 0 Å². The van der Waals surface area contributed by atoms with Crippen LogP contribution in [-0.4, -0.2) is 39.4 Å². The van der Waals surface area contributed by atoms with Crippen LogP contribution >= 0.6 is 0 Å². The predicted octanol–water partition coefficient (Wildman–Crippen LogP) is 1.42. The van der Waals surface area contributed by atoms with Crippen LogP contribution in [0.5, 0.6) is 0 Å². The maximum absolute atomic E-state index is 12.6. The van der Waals surface area contributed by atoms with Gasteiger partial charge in [-0.05, 0) is 30.3 Å². The Morgan fingerprint density at radius 3 is 2.57 bits per heavy atom. The van der Waals surface area contributed by atoms with E-state index < -0.39 is 0 Å². The number of carbonyl (C=O) groups excluding carboxylic acids is 2. The zero-order valence-electron chi connectivity index (χ0n) is 15.7. The van der Waals surface area contributed by atoms with Crippen LogP contribution in [0.25, 0.3) is 11.0 Å². The van der Waals surface area contributed by atoms with Crippen molar-refractivity contribution in [2.45, 2.75) is 6.54 Å². The van der Waals surface area contributed by atoms with Gasteiger partial charge < -0.3 is 10.2 Å². The second kappa shape index (κ2) is 7.84. The Hall–Kier alpha value is -3.79. The fraction of sp³-hybridized carbons (Fsp3) is 0.190. The molecule has 0 saturated heterocycles. The Labute approximate surface area is 162 Å². The van der Waals surface area contributed by atoms with Gasteiger partial charge in [0.2, 0.25) is 11.8 Å². The minimum Gasteiger partial charge on any atom is -0.335 e. The van der Waals surface area contributed by atoms with E-state index in [2.05, 4.69) is 11.2 Å². The van der Waals surface area contributed by atoms with Gasteiger partial charge in [0.15, 0.2) is 0 Å². The molecular formula is C21H20N4O3. The first kappa shape index (κ1) is 19.0. The van der Waals surface area contributed by atoms with Crippen LogP contribution in [0.15, 0.2) is 53.3 Å². The van der Waals surface area contributed by atoms with E-state index in [4.69, 9.17) is 6.42 Å². The average molecular weight is 376 g/mol. The number of rotatable bonds is 5. The first-order chi connectivity index (χ1) is 13.4. The highest BCUT2D eigenvalue weighted by atomic mass is 16.2. The highest BCUT2D eigenvalue weighted by Gasteiger charge is 2.17. The second-order valence-electron chi connectivity index (χ2n) is 6.44. The molecule has 0 unspecified atom stereocenters. The van der Waals surface area contributed by atoms with Gasteiger partial charge in [-0.15, -0.1) is 6.42 Å². The topological polar surface area (TPSA) is 76.3 Å². The molecule has 7 nitrogen and oxygen atoms in total. The van der Waals surface area contributed by atoms with E-state index in [9.17, 15) is 14.4 Å². The number of nitrogens with one attached hydrogen (secondary N) is 1. The Balaban J connectivity index is 1.68. The van der Waals surface area contributed by atoms with Gasteiger partial charge in [-0.25, -0.2) is 4.79 Å². The number of para-hydroxylation sites is 2. The summed E-state index contributed by atoms with van der Waals surface area (Å²) in [6.07, 6.45) is 5.35. The predicted molar refractivity (Wildman–Crippen MR) is 108 cm³/mol. The highest BCUT2D eigenvalue weighted by Crippen LogP contribution is 2.12. The lowest BCUT2D eigenvalue weighted by Crippen LogP contribution is -2.38. The van der Waals surface area contributed by atoms with E-state index in [0.717, 1.165) is 5.52 Å². The number of imidazole rings is 1. The summed E-state index contributed by atoms with van der Waals surface area (Å²) in [5.74, 6) is 1.81. The third-order valence-electron chi connectivity index (χ3n) is 4.46. The molecule has 7 heteroatoms. The number of amides is 2. The summed E-state index contributed by atoms with van der Waals surface area (Å²) in [5, 5.41) is 2.71. The number of fused-ring (bicyclic) bond motifs is 1. The van der Waals surface area contributed by atoms with Crippen LogP contribution in [-0.2, 0) is 23.2 Å². The normalized spacial score (nSPS) is 10.5. The van der Waals surface area contributed by atoms with Crippen LogP contribution < -0.4 is 11.0 Å². The molecule has 0 aliphatic heterocycles. The molecule has 3 aromatic rings. The third-order valence-corrected chi connectivity index (χ3v) is 4.46. The fourth-order valence-electron chi connectivity index (χ4n) is 2.96. The van der Waals surface area contributed by atoms with Gasteiger partial charge in [0.05, 0.1) is 17.6 Å². The van der Waals surface area contributed by atoms with Gasteiger partial charge in [0.1, 0.15) is 6.54 Å². The van der Waals surface area contributed by atoms with Crippen molar-refractivity contribution in [3.05, 3.63) is 64.6 Å². The average Bonchev–Trinajstić information content (AvgIpc) is 2.93. The quantitative estimate of drug-likeness (QED) is 0.684. The molecule has 0 aliphatic rings. The third kappa shape index (κ3) is 3.81. The van der Waals surface area contributed by atoms with Crippen molar-refractivity contribution in [1.82, 2.24) is 14.0 Å². The SMILES string of the molecule is C#Cc1cccc(NC(=O)CN(C)C(=O)Cn2c(=O)n(C)c3ccccc32)c1. The largest absolute Gasteiger partial charge is 0.335 e. The molecule has 142 valence electrons. The molecule has 1 heterocycles. The van der Waals surface area contributed by atoms with Crippen LogP contribution in [0.3, 0.4) is 0 Å². The number of aryl methyl sites for hydroxylation is 1. The van der Waals surface area contributed by atoms with Crippen molar-refractivity contribution >= 4 is 28.5 Å². The van der Waals surface area contributed by atoms with Crippen molar-refractivity contribution < 1.29 is 9.59 Å². The maximum Gasteiger partial charge on any atom is 0.329 e. The summed E-state index contributed by atoms with van der Waals surface area (Å²) in [6.45, 7) is -0.283. The number of likely N-dealkylation sites (N-methyl/N-ethyl adjacent to an activating group) is 1. The monoisotopic (exact) mass is 376 g/mol. The Morgan fingerprint density at radius 1 is 1.14 bits per heavy atom. The number of carbonyl (C=O) groups is 2.